The van der Waals surface area contributed by atoms with E-state index in [0.29, 0.717) is 18.4 Å². The van der Waals surface area contributed by atoms with Crippen molar-refractivity contribution in [3.63, 3.8) is 0 Å². The molecule has 1 atom stereocenters. The number of carbonyl (C=O) groups excluding carboxylic acids is 2. The van der Waals surface area contributed by atoms with Crippen molar-refractivity contribution in [2.24, 2.45) is 0 Å². The summed E-state index contributed by atoms with van der Waals surface area (Å²) < 4.78 is 5.08. The number of para-hydroxylation sites is 1. The molecule has 0 saturated heterocycles. The van der Waals surface area contributed by atoms with Gasteiger partial charge >= 0.3 is 5.97 Å². The van der Waals surface area contributed by atoms with E-state index in [1.165, 1.54) is 18.2 Å². The average Bonchev–Trinajstić information content (AvgIpc) is 2.48. The molecule has 1 aromatic carbocycles. The van der Waals surface area contributed by atoms with Crippen LogP contribution in [0.15, 0.2) is 30.3 Å². The van der Waals surface area contributed by atoms with Gasteiger partial charge < -0.3 is 4.74 Å². The van der Waals surface area contributed by atoms with Gasteiger partial charge in [-0.15, -0.1) is 0 Å². The number of benzene rings is 1. The van der Waals surface area contributed by atoms with Crippen molar-refractivity contribution in [3.05, 3.63) is 46.0 Å². The van der Waals surface area contributed by atoms with Crippen molar-refractivity contribution >= 4 is 23.5 Å². The van der Waals surface area contributed by atoms with Crippen molar-refractivity contribution in [2.75, 3.05) is 0 Å². The van der Waals surface area contributed by atoms with Gasteiger partial charge in [-0.05, 0) is 31.4 Å². The quantitative estimate of drug-likeness (QED) is 0.368. The van der Waals surface area contributed by atoms with Crippen LogP contribution < -0.4 is 0 Å². The summed E-state index contributed by atoms with van der Waals surface area (Å²) in [5.74, 6) is -0.720. The van der Waals surface area contributed by atoms with Crippen LogP contribution in [0, 0.1) is 10.1 Å². The summed E-state index contributed by atoms with van der Waals surface area (Å²) in [5.41, 5.74) is 0.227. The molecule has 0 aromatic heterocycles. The molecule has 6 nitrogen and oxygen atoms in total. The standard InChI is InChI=1S/C15H15NO5/c17-13-7-3-4-8-14(13)21-15(18)10-9-11-5-1-2-6-12(11)16(19)20/h1-2,5-6,9-10,14H,3-4,7-8H2/b10-9+/t14-/m0/s1. The van der Waals surface area contributed by atoms with E-state index >= 15 is 0 Å². The average molecular weight is 289 g/mol. The molecule has 0 aliphatic heterocycles. The maximum Gasteiger partial charge on any atom is 0.331 e. The number of rotatable bonds is 4. The molecule has 0 unspecified atom stereocenters. The van der Waals surface area contributed by atoms with E-state index < -0.39 is 17.0 Å². The monoisotopic (exact) mass is 289 g/mol. The van der Waals surface area contributed by atoms with Crippen molar-refractivity contribution in [1.82, 2.24) is 0 Å². The molecule has 0 heterocycles. The van der Waals surface area contributed by atoms with Gasteiger partial charge in [-0.1, -0.05) is 12.1 Å². The van der Waals surface area contributed by atoms with Crippen LogP contribution in [0.4, 0.5) is 5.69 Å². The van der Waals surface area contributed by atoms with E-state index in [1.807, 2.05) is 0 Å². The summed E-state index contributed by atoms with van der Waals surface area (Å²) >= 11 is 0. The van der Waals surface area contributed by atoms with Crippen LogP contribution in [0.25, 0.3) is 6.08 Å². The normalized spacial score (nSPS) is 18.7. The fourth-order valence-corrected chi connectivity index (χ4v) is 2.21. The van der Waals surface area contributed by atoms with E-state index in [2.05, 4.69) is 0 Å². The summed E-state index contributed by atoms with van der Waals surface area (Å²) in [4.78, 5) is 33.6. The Morgan fingerprint density at radius 3 is 2.81 bits per heavy atom. The molecule has 1 aliphatic rings. The third-order valence-electron chi connectivity index (χ3n) is 3.29. The van der Waals surface area contributed by atoms with Gasteiger partial charge in [0.1, 0.15) is 0 Å². The van der Waals surface area contributed by atoms with Gasteiger partial charge in [-0.25, -0.2) is 4.79 Å². The van der Waals surface area contributed by atoms with Gasteiger partial charge in [0.15, 0.2) is 11.9 Å². The topological polar surface area (TPSA) is 86.5 Å². The second kappa shape index (κ2) is 6.78. The molecule has 0 bridgehead atoms. The zero-order valence-electron chi connectivity index (χ0n) is 11.4. The van der Waals surface area contributed by atoms with E-state index in [9.17, 15) is 19.7 Å². The Kier molecular flexibility index (Phi) is 4.81. The molecular formula is C15H15NO5. The number of nitro benzene ring substituents is 1. The van der Waals surface area contributed by atoms with Crippen LogP contribution >= 0.6 is 0 Å². The van der Waals surface area contributed by atoms with Crippen molar-refractivity contribution in [3.8, 4) is 0 Å². The Balaban J connectivity index is 2.02. The minimum absolute atomic E-state index is 0.0614. The Bertz CT molecular complexity index is 593. The minimum atomic E-state index is -0.679. The third kappa shape index (κ3) is 3.98. The lowest BCUT2D eigenvalue weighted by atomic mass is 9.96. The minimum Gasteiger partial charge on any atom is -0.451 e. The molecule has 0 radical (unpaired) electrons. The predicted molar refractivity (Wildman–Crippen MR) is 75.5 cm³/mol. The molecule has 21 heavy (non-hydrogen) atoms. The molecule has 1 aliphatic carbocycles. The second-order valence-electron chi connectivity index (χ2n) is 4.79. The highest BCUT2D eigenvalue weighted by atomic mass is 16.6. The Hall–Kier alpha value is -2.50. The first-order valence-corrected chi connectivity index (χ1v) is 6.73. The van der Waals surface area contributed by atoms with E-state index in [-0.39, 0.29) is 11.5 Å². The summed E-state index contributed by atoms with van der Waals surface area (Å²) in [5, 5.41) is 10.8. The smallest absolute Gasteiger partial charge is 0.331 e. The maximum absolute atomic E-state index is 11.7. The highest BCUT2D eigenvalue weighted by molar-refractivity contribution is 5.91. The number of hydrogen-bond acceptors (Lipinski definition) is 5. The number of nitro groups is 1. The molecule has 0 amide bonds. The lowest BCUT2D eigenvalue weighted by molar-refractivity contribution is -0.385. The third-order valence-corrected chi connectivity index (χ3v) is 3.29. The molecule has 1 aromatic rings. The van der Waals surface area contributed by atoms with Gasteiger partial charge in [0, 0.05) is 18.6 Å². The molecule has 2 rings (SSSR count). The van der Waals surface area contributed by atoms with E-state index in [4.69, 9.17) is 4.74 Å². The first kappa shape index (κ1) is 14.9. The van der Waals surface area contributed by atoms with Crippen LogP contribution in [0.5, 0.6) is 0 Å². The van der Waals surface area contributed by atoms with Gasteiger partial charge in [0.05, 0.1) is 10.5 Å². The fraction of sp³-hybridized carbons (Fsp3) is 0.333. The van der Waals surface area contributed by atoms with Crippen molar-refractivity contribution < 1.29 is 19.2 Å². The molecule has 1 fully saturated rings. The first-order valence-electron chi connectivity index (χ1n) is 6.73. The van der Waals surface area contributed by atoms with E-state index in [0.717, 1.165) is 18.9 Å². The number of carbonyl (C=O) groups is 2. The van der Waals surface area contributed by atoms with Crippen LogP contribution in [0.2, 0.25) is 0 Å². The molecule has 0 N–H and O–H groups in total. The Morgan fingerprint density at radius 2 is 2.10 bits per heavy atom. The van der Waals surface area contributed by atoms with Crippen LogP contribution in [0.3, 0.4) is 0 Å². The number of ether oxygens (including phenoxy) is 1. The zero-order valence-corrected chi connectivity index (χ0v) is 11.4. The first-order chi connectivity index (χ1) is 10.1. The lowest BCUT2D eigenvalue weighted by Gasteiger charge is -2.19. The summed E-state index contributed by atoms with van der Waals surface area (Å²) in [6.07, 6.45) is 4.44. The molecule has 6 heteroatoms. The number of Topliss-reactive ketones (excluding diaryl/α,β-unsaturated/α-hetero) is 1. The molecule has 1 saturated carbocycles. The van der Waals surface area contributed by atoms with E-state index in [1.54, 1.807) is 12.1 Å². The fourth-order valence-electron chi connectivity index (χ4n) is 2.21. The second-order valence-corrected chi connectivity index (χ2v) is 4.79. The van der Waals surface area contributed by atoms with Crippen LogP contribution in [0.1, 0.15) is 31.2 Å². The predicted octanol–water partition coefficient (Wildman–Crippen LogP) is 2.66. The largest absolute Gasteiger partial charge is 0.451 e. The summed E-state index contributed by atoms with van der Waals surface area (Å²) in [6.45, 7) is 0. The zero-order chi connectivity index (χ0) is 15.2. The molecule has 110 valence electrons. The van der Waals surface area contributed by atoms with Crippen molar-refractivity contribution in [2.45, 2.75) is 31.8 Å². The van der Waals surface area contributed by atoms with Crippen LogP contribution in [-0.4, -0.2) is 22.8 Å². The molecular weight excluding hydrogens is 274 g/mol. The van der Waals surface area contributed by atoms with Gasteiger partial charge in [0.25, 0.3) is 5.69 Å². The number of hydrogen-bond donors (Lipinski definition) is 0. The van der Waals surface area contributed by atoms with Gasteiger partial charge in [0.2, 0.25) is 0 Å². The highest BCUT2D eigenvalue weighted by Gasteiger charge is 2.25. The van der Waals surface area contributed by atoms with Gasteiger partial charge in [-0.2, -0.15) is 0 Å². The van der Waals surface area contributed by atoms with Crippen molar-refractivity contribution in [1.29, 1.82) is 0 Å². The number of ketones is 1. The number of esters is 1. The Morgan fingerprint density at radius 1 is 1.33 bits per heavy atom. The number of nitrogens with zero attached hydrogens (tertiary/aromatic N) is 1. The SMILES string of the molecule is O=C(/C=C/c1ccccc1[N+](=O)[O-])O[C@H]1CCCCC1=O. The summed E-state index contributed by atoms with van der Waals surface area (Å²) in [7, 11) is 0. The van der Waals surface area contributed by atoms with Gasteiger partial charge in [-0.3, -0.25) is 14.9 Å². The molecule has 0 spiro atoms. The lowest BCUT2D eigenvalue weighted by Crippen LogP contribution is -2.29. The summed E-state index contributed by atoms with van der Waals surface area (Å²) in [6, 6.07) is 6.08. The maximum atomic E-state index is 11.7. The Labute approximate surface area is 121 Å². The van der Waals surface area contributed by atoms with Crippen LogP contribution in [-0.2, 0) is 14.3 Å². The highest BCUT2D eigenvalue weighted by Crippen LogP contribution is 2.20.